The highest BCUT2D eigenvalue weighted by molar-refractivity contribution is 9.10. The molecular formula is C41H39BrCl3N5O4. The maximum Gasteiger partial charge on any atom is 0.340 e. The summed E-state index contributed by atoms with van der Waals surface area (Å²) in [5, 5.41) is 19.0. The minimum atomic E-state index is -0.739. The van der Waals surface area contributed by atoms with E-state index in [2.05, 4.69) is 26.9 Å². The van der Waals surface area contributed by atoms with Crippen molar-refractivity contribution in [3.05, 3.63) is 148 Å². The van der Waals surface area contributed by atoms with Crippen molar-refractivity contribution in [2.75, 3.05) is 26.2 Å². The van der Waals surface area contributed by atoms with Gasteiger partial charge in [0.15, 0.2) is 5.69 Å². The van der Waals surface area contributed by atoms with Crippen molar-refractivity contribution in [2.45, 2.75) is 31.3 Å². The average Bonchev–Trinajstić information content (AvgIpc) is 3.79. The van der Waals surface area contributed by atoms with Crippen LogP contribution in [0.25, 0.3) is 22.8 Å². The molecule has 0 radical (unpaired) electrons. The fourth-order valence-electron chi connectivity index (χ4n) is 6.57. The van der Waals surface area contributed by atoms with Gasteiger partial charge in [-0.25, -0.2) is 0 Å². The number of likely N-dealkylation sites (tertiary alicyclic amines) is 1. The molecule has 9 nitrogen and oxygen atoms in total. The Labute approximate surface area is 340 Å². The van der Waals surface area contributed by atoms with E-state index in [4.69, 9.17) is 36.4 Å². The molecule has 13 heteroatoms. The van der Waals surface area contributed by atoms with Crippen LogP contribution in [0.15, 0.2) is 132 Å². The lowest BCUT2D eigenvalue weighted by molar-refractivity contribution is -0.734. The van der Waals surface area contributed by atoms with E-state index in [9.17, 15) is 4.79 Å². The van der Waals surface area contributed by atoms with Gasteiger partial charge >= 0.3 is 11.8 Å². The summed E-state index contributed by atoms with van der Waals surface area (Å²) in [6, 6.07) is 41.8. The largest absolute Gasteiger partial charge is 1.00 e. The van der Waals surface area contributed by atoms with Gasteiger partial charge in [-0.1, -0.05) is 88.2 Å². The molecule has 0 aliphatic carbocycles. The van der Waals surface area contributed by atoms with E-state index < -0.39 is 5.97 Å². The number of aromatic nitrogens is 4. The van der Waals surface area contributed by atoms with Crippen molar-refractivity contribution >= 4 is 45.9 Å². The Morgan fingerprint density at radius 1 is 0.907 bits per heavy atom. The van der Waals surface area contributed by atoms with Gasteiger partial charge in [-0.3, -0.25) is 4.79 Å². The van der Waals surface area contributed by atoms with Crippen molar-refractivity contribution < 1.29 is 36.6 Å². The molecule has 280 valence electrons. The van der Waals surface area contributed by atoms with Crippen LogP contribution in [0.3, 0.4) is 0 Å². The molecule has 0 bridgehead atoms. The van der Waals surface area contributed by atoms with Gasteiger partial charge in [0.1, 0.15) is 23.8 Å². The molecule has 54 heavy (non-hydrogen) atoms. The van der Waals surface area contributed by atoms with Crippen LogP contribution in [-0.4, -0.2) is 57.2 Å². The van der Waals surface area contributed by atoms with Crippen LogP contribution in [0.5, 0.6) is 11.5 Å². The molecule has 1 N–H and O–H groups in total. The predicted molar refractivity (Wildman–Crippen MR) is 211 cm³/mol. The smallest absolute Gasteiger partial charge is 0.340 e. The number of para-hydroxylation sites is 2. The Kier molecular flexibility index (Phi) is 14.1. The topological polar surface area (TPSA) is 93.6 Å². The van der Waals surface area contributed by atoms with Gasteiger partial charge in [-0.15, -0.1) is 12.4 Å². The third-order valence-corrected chi connectivity index (χ3v) is 10.3. The highest BCUT2D eigenvalue weighted by Crippen LogP contribution is 2.46. The fraction of sp³-hybridized carbons (Fsp3) is 0.220. The third-order valence-electron chi connectivity index (χ3n) is 9.45. The minimum Gasteiger partial charge on any atom is -1.00 e. The van der Waals surface area contributed by atoms with E-state index in [0.717, 1.165) is 64.4 Å². The molecule has 1 saturated heterocycles. The number of aliphatic carboxylic acids is 1. The number of nitrogens with zero attached hydrogens (tertiary/aromatic N) is 5. The second-order valence-electron chi connectivity index (χ2n) is 12.9. The molecule has 1 fully saturated rings. The summed E-state index contributed by atoms with van der Waals surface area (Å²) in [6.45, 7) is 3.48. The molecule has 2 aliphatic heterocycles. The van der Waals surface area contributed by atoms with Crippen molar-refractivity contribution in [3.8, 4) is 34.3 Å². The number of tetrazole rings is 1. The third kappa shape index (κ3) is 9.61. The monoisotopic (exact) mass is 849 g/mol. The van der Waals surface area contributed by atoms with Crippen molar-refractivity contribution in [2.24, 2.45) is 0 Å². The first-order valence-electron chi connectivity index (χ1n) is 17.2. The number of carbonyl (C=O) groups is 1. The first-order valence-corrected chi connectivity index (χ1v) is 18.4. The molecule has 2 aliphatic rings. The zero-order valence-corrected chi connectivity index (χ0v) is 33.1. The summed E-state index contributed by atoms with van der Waals surface area (Å²) < 4.78 is 13.0. The molecule has 5 aromatic carbocycles. The van der Waals surface area contributed by atoms with Crippen LogP contribution >= 0.6 is 39.9 Å². The van der Waals surface area contributed by atoms with Gasteiger partial charge in [0.05, 0.1) is 23.7 Å². The van der Waals surface area contributed by atoms with E-state index >= 15 is 0 Å². The quantitative estimate of drug-likeness (QED) is 0.192. The summed E-state index contributed by atoms with van der Waals surface area (Å²) in [5.41, 5.74) is 5.11. The second kappa shape index (κ2) is 18.7. The molecule has 3 heterocycles. The maximum absolute atomic E-state index is 10.8. The summed E-state index contributed by atoms with van der Waals surface area (Å²) in [5.74, 6) is 1.60. The number of hydrogen-bond acceptors (Lipinski definition) is 6. The lowest BCUT2D eigenvalue weighted by Gasteiger charge is -2.38. The molecule has 8 rings (SSSR count). The molecular weight excluding hydrogens is 813 g/mol. The van der Waals surface area contributed by atoms with E-state index in [0.29, 0.717) is 30.6 Å². The van der Waals surface area contributed by atoms with Crippen LogP contribution in [0.2, 0.25) is 5.02 Å². The normalized spacial score (nSPS) is 14.0. The Hall–Kier alpha value is -4.45. The van der Waals surface area contributed by atoms with Gasteiger partial charge in [0.2, 0.25) is 0 Å². The van der Waals surface area contributed by atoms with E-state index in [1.165, 1.54) is 5.56 Å². The number of fused-ring (bicyclic) bond motifs is 2. The predicted octanol–water partition coefficient (Wildman–Crippen LogP) is 5.52. The number of rotatable bonds is 9. The average molecular weight is 852 g/mol. The molecule has 0 saturated carbocycles. The maximum atomic E-state index is 10.8. The Morgan fingerprint density at radius 2 is 1.57 bits per heavy atom. The lowest BCUT2D eigenvalue weighted by Crippen LogP contribution is -3.00. The van der Waals surface area contributed by atoms with Crippen LogP contribution in [0.1, 0.15) is 30.4 Å². The van der Waals surface area contributed by atoms with Gasteiger partial charge in [0.25, 0.3) is 0 Å². The number of carboxylic acid groups (broad SMARTS) is 1. The molecule has 1 spiro atoms. The Balaban J connectivity index is 0.000000205. The summed E-state index contributed by atoms with van der Waals surface area (Å²) in [7, 11) is 0. The number of hydrogen-bond donors (Lipinski definition) is 1. The highest BCUT2D eigenvalue weighted by atomic mass is 79.9. The van der Waals surface area contributed by atoms with Crippen LogP contribution < -0.4 is 26.7 Å². The lowest BCUT2D eigenvalue weighted by atomic mass is 9.74. The van der Waals surface area contributed by atoms with Gasteiger partial charge in [0, 0.05) is 43.4 Å². The molecule has 1 aromatic heterocycles. The minimum absolute atomic E-state index is 0. The zero-order valence-electron chi connectivity index (χ0n) is 29.2. The van der Waals surface area contributed by atoms with Crippen molar-refractivity contribution in [1.82, 2.24) is 19.9 Å². The van der Waals surface area contributed by atoms with Crippen molar-refractivity contribution in [3.63, 3.8) is 0 Å². The molecule has 0 atom stereocenters. The number of benzene rings is 5. The zero-order chi connectivity index (χ0) is 35.9. The van der Waals surface area contributed by atoms with E-state index in [1.807, 2.05) is 131 Å². The Bertz CT molecular complexity index is 2080. The number of halogens is 4. The van der Waals surface area contributed by atoms with Gasteiger partial charge in [-0.05, 0) is 96.5 Å². The Morgan fingerprint density at radius 3 is 2.26 bits per heavy atom. The molecule has 0 amide bonds. The fourth-order valence-corrected chi connectivity index (χ4v) is 7.16. The highest BCUT2D eigenvalue weighted by Gasteiger charge is 2.43. The van der Waals surface area contributed by atoms with Crippen LogP contribution in [-0.2, 0) is 16.8 Å². The van der Waals surface area contributed by atoms with Crippen LogP contribution in [0, 0.1) is 0 Å². The summed E-state index contributed by atoms with van der Waals surface area (Å²) in [4.78, 5) is 16.7. The second-order valence-corrected chi connectivity index (χ2v) is 14.2. The molecule has 0 unspecified atom stereocenters. The SMILES string of the molecule is Cl.O=C(O)CCN1CCC2(CC1)COc1cc(OCc3cc(Br)ccc3Cl)ccc12.[Cl-].c1ccc(-c2nn(-c3ccccc3)[n+](-c3ccccc3)n2)cc1. The van der Waals surface area contributed by atoms with Gasteiger partial charge < -0.3 is 31.9 Å². The van der Waals surface area contributed by atoms with Crippen molar-refractivity contribution in [1.29, 1.82) is 0 Å². The first-order chi connectivity index (χ1) is 25.4. The number of piperidine rings is 1. The molecule has 6 aromatic rings. The first kappa shape index (κ1) is 40.7. The van der Waals surface area contributed by atoms with Gasteiger partial charge in [-0.2, -0.15) is 0 Å². The number of ether oxygens (including phenoxy) is 2. The summed E-state index contributed by atoms with van der Waals surface area (Å²) >= 11 is 9.70. The number of carboxylic acids is 1. The van der Waals surface area contributed by atoms with E-state index in [1.54, 1.807) is 0 Å². The van der Waals surface area contributed by atoms with E-state index in [-0.39, 0.29) is 36.6 Å². The van der Waals surface area contributed by atoms with Crippen LogP contribution in [0.4, 0.5) is 0 Å². The summed E-state index contributed by atoms with van der Waals surface area (Å²) in [6.07, 6.45) is 2.16. The standard InChI is InChI=1S/C22H23BrClNO4.C19H15N4.2ClH/c23-16-1-4-19(24)15(11-16)13-28-17-2-3-18-20(12-17)29-14-22(18)6-9-25(10-7-22)8-5-21(26)27;1-4-10-16(11-5-1)19-20-22(17-12-6-2-7-13-17)23(21-19)18-14-8-3-9-15-18;;/h1-4,11-12H,5-10,13-14H2,(H,26,27);1-15H;2*1H/q;+1;;/p-1.